The van der Waals surface area contributed by atoms with Crippen molar-refractivity contribution in [2.24, 2.45) is 5.92 Å². The van der Waals surface area contributed by atoms with E-state index in [2.05, 4.69) is 10.1 Å². The Bertz CT molecular complexity index is 1000. The fraction of sp³-hybridized carbons (Fsp3) is 0.600. The summed E-state index contributed by atoms with van der Waals surface area (Å²) < 4.78 is 29.5. The SMILES string of the molecule is O=[N+]([O-])c1cc(S(=O)(=O)N2CCCCCC2)ccc1N1CCCC(Cn2cncn2)C1. The number of anilines is 1. The number of hydrogen-bond donors (Lipinski definition) is 0. The van der Waals surface area contributed by atoms with E-state index in [4.69, 9.17) is 0 Å². The summed E-state index contributed by atoms with van der Waals surface area (Å²) in [6.45, 7) is 2.99. The van der Waals surface area contributed by atoms with Crippen molar-refractivity contribution in [3.63, 3.8) is 0 Å². The molecule has 2 aliphatic rings. The van der Waals surface area contributed by atoms with Crippen molar-refractivity contribution in [3.8, 4) is 0 Å². The average molecular weight is 449 g/mol. The van der Waals surface area contributed by atoms with Crippen molar-refractivity contribution in [3.05, 3.63) is 41.0 Å². The number of nitrogens with zero attached hydrogens (tertiary/aromatic N) is 6. The van der Waals surface area contributed by atoms with Crippen molar-refractivity contribution >= 4 is 21.4 Å². The van der Waals surface area contributed by atoms with Gasteiger partial charge in [0.25, 0.3) is 5.69 Å². The molecule has 1 aromatic heterocycles. The van der Waals surface area contributed by atoms with Gasteiger partial charge in [-0.1, -0.05) is 12.8 Å². The molecule has 11 heteroatoms. The lowest BCUT2D eigenvalue weighted by molar-refractivity contribution is -0.384. The zero-order valence-corrected chi connectivity index (χ0v) is 18.3. The summed E-state index contributed by atoms with van der Waals surface area (Å²) in [5.41, 5.74) is 0.320. The van der Waals surface area contributed by atoms with E-state index in [1.165, 1.54) is 22.8 Å². The Hall–Kier alpha value is -2.53. The summed E-state index contributed by atoms with van der Waals surface area (Å²) in [5.74, 6) is 0.288. The highest BCUT2D eigenvalue weighted by Gasteiger charge is 2.31. The van der Waals surface area contributed by atoms with E-state index in [1.807, 2.05) is 4.90 Å². The summed E-state index contributed by atoms with van der Waals surface area (Å²) in [7, 11) is -3.74. The minimum Gasteiger partial charge on any atom is -0.366 e. The molecule has 0 N–H and O–H groups in total. The predicted molar refractivity (Wildman–Crippen MR) is 115 cm³/mol. The molecule has 2 saturated heterocycles. The number of rotatable bonds is 6. The third-order valence-corrected chi connectivity index (χ3v) is 8.01. The van der Waals surface area contributed by atoms with Crippen LogP contribution in [0, 0.1) is 16.0 Å². The van der Waals surface area contributed by atoms with Crippen molar-refractivity contribution in [2.75, 3.05) is 31.1 Å². The summed E-state index contributed by atoms with van der Waals surface area (Å²) in [5, 5.41) is 16.0. The number of piperidine rings is 1. The van der Waals surface area contributed by atoms with Crippen LogP contribution in [0.3, 0.4) is 0 Å². The van der Waals surface area contributed by atoms with Crippen molar-refractivity contribution in [2.45, 2.75) is 50.0 Å². The molecular weight excluding hydrogens is 420 g/mol. The van der Waals surface area contributed by atoms with E-state index >= 15 is 0 Å². The lowest BCUT2D eigenvalue weighted by atomic mass is 9.97. The largest absolute Gasteiger partial charge is 0.366 e. The standard InChI is InChI=1S/C20H28N6O4S/c27-26(28)20-12-18(31(29,30)25-10-3-1-2-4-11-25)7-8-19(20)23-9-5-6-17(13-23)14-24-16-21-15-22-24/h7-8,12,15-17H,1-6,9-11,13-14H2. The zero-order valence-electron chi connectivity index (χ0n) is 17.5. The van der Waals surface area contributed by atoms with Gasteiger partial charge >= 0.3 is 0 Å². The molecule has 2 aliphatic heterocycles. The van der Waals surface area contributed by atoms with Crippen molar-refractivity contribution < 1.29 is 13.3 Å². The van der Waals surface area contributed by atoms with Crippen molar-refractivity contribution in [1.29, 1.82) is 0 Å². The maximum atomic E-state index is 13.1. The highest BCUT2D eigenvalue weighted by Crippen LogP contribution is 2.35. The molecule has 3 heterocycles. The quantitative estimate of drug-likeness (QED) is 0.493. The Morgan fingerprint density at radius 1 is 1.10 bits per heavy atom. The van der Waals surface area contributed by atoms with Crippen LogP contribution in [0.5, 0.6) is 0 Å². The molecule has 2 fully saturated rings. The third-order valence-electron chi connectivity index (χ3n) is 6.12. The van der Waals surface area contributed by atoms with Crippen molar-refractivity contribution in [1.82, 2.24) is 19.1 Å². The monoisotopic (exact) mass is 448 g/mol. The average Bonchev–Trinajstić information content (AvgIpc) is 3.11. The minimum absolute atomic E-state index is 0.000949. The molecule has 1 aromatic carbocycles. The number of nitro benzene ring substituents is 1. The first-order valence-electron chi connectivity index (χ1n) is 10.8. The number of aromatic nitrogens is 3. The Balaban J connectivity index is 1.58. The molecule has 0 radical (unpaired) electrons. The van der Waals surface area contributed by atoms with Crippen LogP contribution in [0.1, 0.15) is 38.5 Å². The van der Waals surface area contributed by atoms with E-state index in [9.17, 15) is 18.5 Å². The normalized spacial score (nSPS) is 21.0. The first-order chi connectivity index (χ1) is 14.9. The lowest BCUT2D eigenvalue weighted by Crippen LogP contribution is -2.37. The molecule has 1 unspecified atom stereocenters. The van der Waals surface area contributed by atoms with E-state index in [1.54, 1.807) is 17.1 Å². The second kappa shape index (κ2) is 9.31. The van der Waals surface area contributed by atoms with E-state index < -0.39 is 14.9 Å². The van der Waals surface area contributed by atoms with E-state index in [0.717, 1.165) is 38.5 Å². The van der Waals surface area contributed by atoms with Crippen LogP contribution >= 0.6 is 0 Å². The highest BCUT2D eigenvalue weighted by molar-refractivity contribution is 7.89. The van der Waals surface area contributed by atoms with Gasteiger partial charge in [0.1, 0.15) is 18.3 Å². The van der Waals surface area contributed by atoms with Crippen LogP contribution in [-0.4, -0.2) is 58.6 Å². The second-order valence-corrected chi connectivity index (χ2v) is 10.2. The van der Waals surface area contributed by atoms with Crippen LogP contribution < -0.4 is 4.90 Å². The zero-order chi connectivity index (χ0) is 21.8. The first kappa shape index (κ1) is 21.7. The van der Waals surface area contributed by atoms with Crippen LogP contribution in [0.4, 0.5) is 11.4 Å². The molecule has 0 bridgehead atoms. The molecule has 10 nitrogen and oxygen atoms in total. The van der Waals surface area contributed by atoms with E-state index in [-0.39, 0.29) is 16.5 Å². The molecule has 0 saturated carbocycles. The lowest BCUT2D eigenvalue weighted by Gasteiger charge is -2.34. The number of benzene rings is 1. The molecule has 31 heavy (non-hydrogen) atoms. The maximum absolute atomic E-state index is 13.1. The number of nitro groups is 1. The summed E-state index contributed by atoms with van der Waals surface area (Å²) in [4.78, 5) is 17.3. The van der Waals surface area contributed by atoms with Gasteiger partial charge in [-0.05, 0) is 43.7 Å². The molecule has 168 valence electrons. The van der Waals surface area contributed by atoms with Gasteiger partial charge in [0.15, 0.2) is 0 Å². The number of hydrogen-bond acceptors (Lipinski definition) is 7. The topological polar surface area (TPSA) is 114 Å². The second-order valence-electron chi connectivity index (χ2n) is 8.30. The van der Waals surface area contributed by atoms with Gasteiger partial charge < -0.3 is 4.90 Å². The molecule has 0 amide bonds. The first-order valence-corrected chi connectivity index (χ1v) is 12.2. The van der Waals surface area contributed by atoms with Gasteiger partial charge in [0.2, 0.25) is 10.0 Å². The third kappa shape index (κ3) is 4.87. The summed E-state index contributed by atoms with van der Waals surface area (Å²) in [6, 6.07) is 4.35. The Morgan fingerprint density at radius 3 is 2.55 bits per heavy atom. The van der Waals surface area contributed by atoms with Crippen LogP contribution in [0.2, 0.25) is 0 Å². The van der Waals surface area contributed by atoms with Gasteiger partial charge in [0, 0.05) is 38.8 Å². The molecule has 4 rings (SSSR count). The van der Waals surface area contributed by atoms with Crippen LogP contribution in [-0.2, 0) is 16.6 Å². The Kier molecular flexibility index (Phi) is 6.51. The highest BCUT2D eigenvalue weighted by atomic mass is 32.2. The predicted octanol–water partition coefficient (Wildman–Crippen LogP) is 2.67. The Labute approximate surface area is 182 Å². The summed E-state index contributed by atoms with van der Waals surface area (Å²) >= 11 is 0. The van der Waals surface area contributed by atoms with Gasteiger partial charge in [-0.15, -0.1) is 0 Å². The molecule has 1 atom stereocenters. The van der Waals surface area contributed by atoms with Crippen LogP contribution in [0.25, 0.3) is 0 Å². The fourth-order valence-electron chi connectivity index (χ4n) is 4.53. The number of sulfonamides is 1. The molecule has 2 aromatic rings. The smallest absolute Gasteiger partial charge is 0.293 e. The molecule has 0 aliphatic carbocycles. The Morgan fingerprint density at radius 2 is 1.87 bits per heavy atom. The fourth-order valence-corrected chi connectivity index (χ4v) is 6.07. The van der Waals surface area contributed by atoms with E-state index in [0.29, 0.717) is 38.4 Å². The molecular formula is C20H28N6O4S. The summed E-state index contributed by atoms with van der Waals surface area (Å²) in [6.07, 6.45) is 8.74. The van der Waals surface area contributed by atoms with Gasteiger partial charge in [-0.25, -0.2) is 13.4 Å². The maximum Gasteiger partial charge on any atom is 0.293 e. The van der Waals surface area contributed by atoms with Gasteiger partial charge in [-0.2, -0.15) is 9.40 Å². The van der Waals surface area contributed by atoms with Gasteiger partial charge in [0.05, 0.1) is 9.82 Å². The minimum atomic E-state index is -3.74. The van der Waals surface area contributed by atoms with Crippen LogP contribution in [0.15, 0.2) is 35.7 Å². The van der Waals surface area contributed by atoms with Gasteiger partial charge in [-0.3, -0.25) is 14.8 Å². The molecule has 0 spiro atoms.